The predicted octanol–water partition coefficient (Wildman–Crippen LogP) is 1.38. The van der Waals surface area contributed by atoms with Crippen molar-refractivity contribution < 1.29 is 9.90 Å². The zero-order chi connectivity index (χ0) is 14.6. The molecule has 6 N–H and O–H groups in total. The molecule has 106 valence electrons. The van der Waals surface area contributed by atoms with Crippen molar-refractivity contribution in [3.8, 4) is 0 Å². The summed E-state index contributed by atoms with van der Waals surface area (Å²) in [5, 5.41) is 12.0. The lowest BCUT2D eigenvalue weighted by Crippen LogP contribution is -2.44. The summed E-state index contributed by atoms with van der Waals surface area (Å²) in [4.78, 5) is 12.2. The van der Waals surface area contributed by atoms with Crippen LogP contribution in [0.3, 0.4) is 0 Å². The van der Waals surface area contributed by atoms with Gasteiger partial charge in [0.15, 0.2) is 0 Å². The van der Waals surface area contributed by atoms with Crippen LogP contribution in [0.4, 0.5) is 11.4 Å². The van der Waals surface area contributed by atoms with Crippen molar-refractivity contribution in [1.82, 2.24) is 5.32 Å². The van der Waals surface area contributed by atoms with Gasteiger partial charge >= 0.3 is 0 Å². The Hall–Kier alpha value is -1.75. The summed E-state index contributed by atoms with van der Waals surface area (Å²) < 4.78 is 0. The number of hydrogen-bond acceptors (Lipinski definition) is 4. The smallest absolute Gasteiger partial charge is 0.253 e. The number of nitrogens with two attached hydrogens (primary N) is 2. The summed E-state index contributed by atoms with van der Waals surface area (Å²) in [5.74, 6) is -0.245. The van der Waals surface area contributed by atoms with Crippen LogP contribution in [0.1, 0.15) is 37.6 Å². The fourth-order valence-corrected chi connectivity index (χ4v) is 1.87. The summed E-state index contributed by atoms with van der Waals surface area (Å²) in [6, 6.07) is 4.69. The number of rotatable bonds is 4. The fraction of sp³-hybridized carbons (Fsp3) is 0.500. The Morgan fingerprint density at radius 2 is 2.00 bits per heavy atom. The first-order valence-electron chi connectivity index (χ1n) is 6.32. The third-order valence-electron chi connectivity index (χ3n) is 3.09. The number of aliphatic hydroxyl groups is 1. The lowest BCUT2D eigenvalue weighted by molar-refractivity contribution is 0.0886. The van der Waals surface area contributed by atoms with Gasteiger partial charge in [-0.1, -0.05) is 20.8 Å². The molecular weight excluding hydrogens is 242 g/mol. The van der Waals surface area contributed by atoms with Gasteiger partial charge in [0.1, 0.15) is 0 Å². The quantitative estimate of drug-likeness (QED) is 0.618. The average molecular weight is 265 g/mol. The Kier molecular flexibility index (Phi) is 4.78. The normalized spacial score (nSPS) is 13.1. The number of nitrogens with one attached hydrogen (secondary N) is 1. The Labute approximate surface area is 114 Å². The molecule has 1 aromatic rings. The van der Waals surface area contributed by atoms with Crippen LogP contribution >= 0.6 is 0 Å². The maximum Gasteiger partial charge on any atom is 0.253 e. The molecule has 1 rings (SSSR count). The van der Waals surface area contributed by atoms with Crippen LogP contribution in [0.5, 0.6) is 0 Å². The van der Waals surface area contributed by atoms with E-state index in [1.165, 1.54) is 0 Å². The number of carbonyl (C=O) groups excluding carboxylic acids is 1. The van der Waals surface area contributed by atoms with Crippen molar-refractivity contribution in [3.63, 3.8) is 0 Å². The molecule has 0 aliphatic rings. The van der Waals surface area contributed by atoms with Gasteiger partial charge in [0, 0.05) is 24.0 Å². The average Bonchev–Trinajstić information content (AvgIpc) is 2.26. The maximum absolute atomic E-state index is 12.2. The van der Waals surface area contributed by atoms with Gasteiger partial charge in [0.2, 0.25) is 0 Å². The molecule has 0 aliphatic heterocycles. The van der Waals surface area contributed by atoms with Crippen molar-refractivity contribution in [2.75, 3.05) is 18.1 Å². The highest BCUT2D eigenvalue weighted by Gasteiger charge is 2.26. The Morgan fingerprint density at radius 3 is 2.47 bits per heavy atom. The Bertz CT molecular complexity index is 452. The minimum Gasteiger partial charge on any atom is -0.399 e. The molecule has 0 aromatic heterocycles. The summed E-state index contributed by atoms with van der Waals surface area (Å²) >= 11 is 0. The molecular formula is C14H23N3O2. The van der Waals surface area contributed by atoms with Gasteiger partial charge in [-0.05, 0) is 30.0 Å². The molecule has 0 radical (unpaired) electrons. The van der Waals surface area contributed by atoms with Crippen LogP contribution in [-0.2, 0) is 0 Å². The standard InChI is InChI=1S/C14H23N3O2/c1-14(2,3)12(6-7-18)17-13(19)10-5-4-9(15)8-11(10)16/h4-5,8,12,18H,6-7,15-16H2,1-3H3,(H,17,19). The van der Waals surface area contributed by atoms with E-state index >= 15 is 0 Å². The van der Waals surface area contributed by atoms with E-state index in [2.05, 4.69) is 5.32 Å². The SMILES string of the molecule is CC(C)(C)C(CCO)NC(=O)c1ccc(N)cc1N. The van der Waals surface area contributed by atoms with Crippen molar-refractivity contribution in [2.45, 2.75) is 33.2 Å². The number of aliphatic hydroxyl groups excluding tert-OH is 1. The van der Waals surface area contributed by atoms with Crippen LogP contribution in [0.15, 0.2) is 18.2 Å². The summed E-state index contributed by atoms with van der Waals surface area (Å²) in [6.45, 7) is 6.07. The molecule has 5 nitrogen and oxygen atoms in total. The van der Waals surface area contributed by atoms with E-state index in [9.17, 15) is 4.79 Å². The highest BCUT2D eigenvalue weighted by Crippen LogP contribution is 2.23. The van der Waals surface area contributed by atoms with E-state index in [0.717, 1.165) is 0 Å². The minimum atomic E-state index is -0.245. The Morgan fingerprint density at radius 1 is 1.37 bits per heavy atom. The van der Waals surface area contributed by atoms with Crippen LogP contribution < -0.4 is 16.8 Å². The Balaban J connectivity index is 2.88. The van der Waals surface area contributed by atoms with Gasteiger partial charge in [-0.25, -0.2) is 0 Å². The number of nitrogen functional groups attached to an aromatic ring is 2. The molecule has 5 heteroatoms. The monoisotopic (exact) mass is 265 g/mol. The third kappa shape index (κ3) is 4.13. The predicted molar refractivity (Wildman–Crippen MR) is 77.7 cm³/mol. The fourth-order valence-electron chi connectivity index (χ4n) is 1.87. The molecule has 0 bridgehead atoms. The summed E-state index contributed by atoms with van der Waals surface area (Å²) in [6.07, 6.45) is 0.504. The second-order valence-electron chi connectivity index (χ2n) is 5.75. The van der Waals surface area contributed by atoms with Crippen LogP contribution in [-0.4, -0.2) is 23.7 Å². The molecule has 0 saturated heterocycles. The molecule has 1 amide bonds. The van der Waals surface area contributed by atoms with Crippen molar-refractivity contribution in [2.24, 2.45) is 5.41 Å². The zero-order valence-corrected chi connectivity index (χ0v) is 11.7. The lowest BCUT2D eigenvalue weighted by Gasteiger charge is -2.31. The van der Waals surface area contributed by atoms with Gasteiger partial charge < -0.3 is 21.9 Å². The molecule has 1 aromatic carbocycles. The van der Waals surface area contributed by atoms with Gasteiger partial charge in [0.25, 0.3) is 5.91 Å². The maximum atomic E-state index is 12.2. The van der Waals surface area contributed by atoms with Gasteiger partial charge in [-0.15, -0.1) is 0 Å². The highest BCUT2D eigenvalue weighted by molar-refractivity contribution is 5.99. The molecule has 1 atom stereocenters. The molecule has 0 heterocycles. The first kappa shape index (κ1) is 15.3. The minimum absolute atomic E-state index is 0.0272. The number of anilines is 2. The molecule has 0 aliphatic carbocycles. The van der Waals surface area contributed by atoms with Crippen LogP contribution in [0, 0.1) is 5.41 Å². The number of amides is 1. The van der Waals surface area contributed by atoms with E-state index in [4.69, 9.17) is 16.6 Å². The summed E-state index contributed by atoms with van der Waals surface area (Å²) in [7, 11) is 0. The van der Waals surface area contributed by atoms with Crippen molar-refractivity contribution >= 4 is 17.3 Å². The highest BCUT2D eigenvalue weighted by atomic mass is 16.3. The summed E-state index contributed by atoms with van der Waals surface area (Å²) in [5.41, 5.74) is 12.5. The van der Waals surface area contributed by atoms with E-state index < -0.39 is 0 Å². The molecule has 0 spiro atoms. The number of hydrogen-bond donors (Lipinski definition) is 4. The lowest BCUT2D eigenvalue weighted by atomic mass is 9.84. The number of benzene rings is 1. The number of carbonyl (C=O) groups is 1. The van der Waals surface area contributed by atoms with E-state index in [-0.39, 0.29) is 24.0 Å². The topological polar surface area (TPSA) is 101 Å². The van der Waals surface area contributed by atoms with Crippen molar-refractivity contribution in [1.29, 1.82) is 0 Å². The third-order valence-corrected chi connectivity index (χ3v) is 3.09. The van der Waals surface area contributed by atoms with Gasteiger partial charge in [-0.2, -0.15) is 0 Å². The first-order valence-corrected chi connectivity index (χ1v) is 6.32. The largest absolute Gasteiger partial charge is 0.399 e. The zero-order valence-electron chi connectivity index (χ0n) is 11.7. The first-order chi connectivity index (χ1) is 8.75. The van der Waals surface area contributed by atoms with E-state index in [0.29, 0.717) is 23.4 Å². The molecule has 19 heavy (non-hydrogen) atoms. The second-order valence-corrected chi connectivity index (χ2v) is 5.75. The van der Waals surface area contributed by atoms with E-state index in [1.807, 2.05) is 20.8 Å². The molecule has 0 fully saturated rings. The van der Waals surface area contributed by atoms with Crippen LogP contribution in [0.25, 0.3) is 0 Å². The molecule has 1 unspecified atom stereocenters. The second kappa shape index (κ2) is 5.93. The van der Waals surface area contributed by atoms with Gasteiger partial charge in [-0.3, -0.25) is 4.79 Å². The van der Waals surface area contributed by atoms with Crippen molar-refractivity contribution in [3.05, 3.63) is 23.8 Å². The van der Waals surface area contributed by atoms with E-state index in [1.54, 1.807) is 18.2 Å². The molecule has 0 saturated carbocycles. The van der Waals surface area contributed by atoms with Gasteiger partial charge in [0.05, 0.1) is 5.56 Å². The van der Waals surface area contributed by atoms with Crippen LogP contribution in [0.2, 0.25) is 0 Å².